The summed E-state index contributed by atoms with van der Waals surface area (Å²) in [5.41, 5.74) is 1.64. The van der Waals surface area contributed by atoms with Crippen molar-refractivity contribution in [1.82, 2.24) is 0 Å². The van der Waals surface area contributed by atoms with Gasteiger partial charge in [0.05, 0.1) is 5.75 Å². The number of carbonyl (C=O) groups is 1. The second-order valence-electron chi connectivity index (χ2n) is 4.57. The maximum atomic E-state index is 12.1. The first-order chi connectivity index (χ1) is 8.68. The number of benzene rings is 1. The van der Waals surface area contributed by atoms with E-state index in [9.17, 15) is 9.00 Å². The van der Waals surface area contributed by atoms with Gasteiger partial charge in [-0.1, -0.05) is 24.3 Å². The minimum Gasteiger partial charge on any atom is -0.381 e. The highest BCUT2D eigenvalue weighted by Gasteiger charge is 2.23. The Morgan fingerprint density at radius 1 is 1.33 bits per heavy atom. The molecule has 1 aliphatic heterocycles. The average molecular weight is 266 g/mol. The molecule has 4 heteroatoms. The molecule has 2 rings (SSSR count). The Bertz CT molecular complexity index is 450. The summed E-state index contributed by atoms with van der Waals surface area (Å²) in [6, 6.07) is 7.46. The monoisotopic (exact) mass is 266 g/mol. The third kappa shape index (κ3) is 3.27. The largest absolute Gasteiger partial charge is 0.381 e. The van der Waals surface area contributed by atoms with Crippen molar-refractivity contribution in [2.24, 2.45) is 0 Å². The number of Topliss-reactive ketones (excluding diaryl/α,β-unsaturated/α-hetero) is 1. The highest BCUT2D eigenvalue weighted by molar-refractivity contribution is 7.86. The van der Waals surface area contributed by atoms with Gasteiger partial charge in [0, 0.05) is 34.8 Å². The molecule has 0 aliphatic carbocycles. The lowest BCUT2D eigenvalue weighted by Gasteiger charge is -2.21. The van der Waals surface area contributed by atoms with Crippen LogP contribution in [-0.2, 0) is 15.5 Å². The van der Waals surface area contributed by atoms with Crippen molar-refractivity contribution in [3.05, 3.63) is 35.4 Å². The van der Waals surface area contributed by atoms with Gasteiger partial charge in [0.2, 0.25) is 0 Å². The van der Waals surface area contributed by atoms with Gasteiger partial charge in [-0.3, -0.25) is 9.00 Å². The predicted molar refractivity (Wildman–Crippen MR) is 72.4 cm³/mol. The number of ether oxygens (including phenoxy) is 1. The van der Waals surface area contributed by atoms with E-state index in [2.05, 4.69) is 0 Å². The van der Waals surface area contributed by atoms with E-state index in [-0.39, 0.29) is 16.8 Å². The molecule has 1 atom stereocenters. The van der Waals surface area contributed by atoms with Crippen molar-refractivity contribution in [3.63, 3.8) is 0 Å². The Hall–Kier alpha value is -1.00. The molecule has 0 radical (unpaired) electrons. The van der Waals surface area contributed by atoms with E-state index in [1.54, 1.807) is 6.07 Å². The summed E-state index contributed by atoms with van der Waals surface area (Å²) in [6.07, 6.45) is 1.60. The van der Waals surface area contributed by atoms with Gasteiger partial charge in [-0.25, -0.2) is 0 Å². The van der Waals surface area contributed by atoms with Gasteiger partial charge in [-0.05, 0) is 25.3 Å². The zero-order chi connectivity index (χ0) is 13.0. The molecule has 1 aromatic rings. The van der Waals surface area contributed by atoms with Crippen LogP contribution in [-0.4, -0.2) is 34.2 Å². The average Bonchev–Trinajstić information content (AvgIpc) is 2.40. The van der Waals surface area contributed by atoms with Gasteiger partial charge in [0.25, 0.3) is 0 Å². The molecule has 3 nitrogen and oxygen atoms in total. The van der Waals surface area contributed by atoms with E-state index in [0.29, 0.717) is 18.8 Å². The molecule has 98 valence electrons. The number of aryl methyl sites for hydroxylation is 1. The van der Waals surface area contributed by atoms with E-state index >= 15 is 0 Å². The fourth-order valence-corrected chi connectivity index (χ4v) is 3.52. The molecule has 0 spiro atoms. The molecule has 1 saturated heterocycles. The van der Waals surface area contributed by atoms with Crippen molar-refractivity contribution in [2.75, 3.05) is 19.0 Å². The Labute approximate surface area is 110 Å². The summed E-state index contributed by atoms with van der Waals surface area (Å²) >= 11 is 0. The maximum absolute atomic E-state index is 12.1. The van der Waals surface area contributed by atoms with E-state index in [1.807, 2.05) is 25.1 Å². The molecule has 0 bridgehead atoms. The predicted octanol–water partition coefficient (Wildman–Crippen LogP) is 2.11. The van der Waals surface area contributed by atoms with Crippen molar-refractivity contribution >= 4 is 16.6 Å². The standard InChI is InChI=1S/C14H18O3S/c1-11-4-2-3-5-13(11)14(15)10-18(16)12-6-8-17-9-7-12/h2-5,12H,6-10H2,1H3. The Balaban J connectivity index is 1.99. The fraction of sp³-hybridized carbons (Fsp3) is 0.500. The lowest BCUT2D eigenvalue weighted by atomic mass is 10.1. The molecule has 1 unspecified atom stereocenters. The first-order valence-corrected chi connectivity index (χ1v) is 7.60. The van der Waals surface area contributed by atoms with Crippen molar-refractivity contribution in [3.8, 4) is 0 Å². The van der Waals surface area contributed by atoms with Crippen LogP contribution in [0.4, 0.5) is 0 Å². The van der Waals surface area contributed by atoms with Crippen LogP contribution in [0.15, 0.2) is 24.3 Å². The summed E-state index contributed by atoms with van der Waals surface area (Å²) < 4.78 is 17.4. The van der Waals surface area contributed by atoms with Crippen LogP contribution in [0.25, 0.3) is 0 Å². The molecule has 18 heavy (non-hydrogen) atoms. The van der Waals surface area contributed by atoms with Crippen LogP contribution in [0.1, 0.15) is 28.8 Å². The molecule has 1 fully saturated rings. The number of hydrogen-bond acceptors (Lipinski definition) is 3. The molecular weight excluding hydrogens is 248 g/mol. The topological polar surface area (TPSA) is 43.4 Å². The summed E-state index contributed by atoms with van der Waals surface area (Å²) in [6.45, 7) is 3.23. The van der Waals surface area contributed by atoms with E-state index in [1.165, 1.54) is 0 Å². The van der Waals surface area contributed by atoms with E-state index in [0.717, 1.165) is 18.4 Å². The van der Waals surface area contributed by atoms with Gasteiger partial charge in [-0.2, -0.15) is 0 Å². The zero-order valence-corrected chi connectivity index (χ0v) is 11.4. The number of carbonyl (C=O) groups excluding carboxylic acids is 1. The summed E-state index contributed by atoms with van der Waals surface area (Å²) in [5.74, 6) is 0.119. The smallest absolute Gasteiger partial charge is 0.175 e. The molecule has 1 aliphatic rings. The molecule has 1 aromatic carbocycles. The van der Waals surface area contributed by atoms with Gasteiger partial charge >= 0.3 is 0 Å². The third-order valence-corrected chi connectivity index (χ3v) is 5.02. The molecule has 0 amide bonds. The van der Waals surface area contributed by atoms with Crippen LogP contribution < -0.4 is 0 Å². The first kappa shape index (κ1) is 13.4. The quantitative estimate of drug-likeness (QED) is 0.784. The van der Waals surface area contributed by atoms with Crippen molar-refractivity contribution in [1.29, 1.82) is 0 Å². The normalized spacial score (nSPS) is 18.5. The minimum absolute atomic E-state index is 0.0158. The first-order valence-electron chi connectivity index (χ1n) is 6.22. The van der Waals surface area contributed by atoms with Crippen LogP contribution in [0, 0.1) is 6.92 Å². The van der Waals surface area contributed by atoms with Crippen molar-refractivity contribution < 1.29 is 13.7 Å². The maximum Gasteiger partial charge on any atom is 0.175 e. The van der Waals surface area contributed by atoms with Crippen LogP contribution in [0.2, 0.25) is 0 Å². The van der Waals surface area contributed by atoms with Gasteiger partial charge in [-0.15, -0.1) is 0 Å². The highest BCUT2D eigenvalue weighted by Crippen LogP contribution is 2.15. The fourth-order valence-electron chi connectivity index (χ4n) is 2.15. The van der Waals surface area contributed by atoms with Crippen LogP contribution in [0.5, 0.6) is 0 Å². The zero-order valence-electron chi connectivity index (χ0n) is 10.6. The third-order valence-electron chi connectivity index (χ3n) is 3.26. The second kappa shape index (κ2) is 6.25. The summed E-state index contributed by atoms with van der Waals surface area (Å²) in [5, 5.41) is 0.117. The van der Waals surface area contributed by atoms with Gasteiger partial charge in [0.15, 0.2) is 5.78 Å². The lowest BCUT2D eigenvalue weighted by Crippen LogP contribution is -2.28. The van der Waals surface area contributed by atoms with Gasteiger partial charge < -0.3 is 4.74 Å². The minimum atomic E-state index is -1.07. The Kier molecular flexibility index (Phi) is 4.66. The summed E-state index contributed by atoms with van der Waals surface area (Å²) in [4.78, 5) is 12.1. The molecule has 1 heterocycles. The molecular formula is C14H18O3S. The number of ketones is 1. The Morgan fingerprint density at radius 3 is 2.67 bits per heavy atom. The van der Waals surface area contributed by atoms with Crippen LogP contribution in [0.3, 0.4) is 0 Å². The Morgan fingerprint density at radius 2 is 2.00 bits per heavy atom. The number of hydrogen-bond donors (Lipinski definition) is 0. The van der Waals surface area contributed by atoms with Crippen LogP contribution >= 0.6 is 0 Å². The highest BCUT2D eigenvalue weighted by atomic mass is 32.2. The van der Waals surface area contributed by atoms with Gasteiger partial charge in [0.1, 0.15) is 0 Å². The summed E-state index contributed by atoms with van der Waals surface area (Å²) in [7, 11) is -1.07. The number of rotatable bonds is 4. The SMILES string of the molecule is Cc1ccccc1C(=O)CS(=O)C1CCOCC1. The molecule has 0 aromatic heterocycles. The molecule has 0 N–H and O–H groups in total. The lowest BCUT2D eigenvalue weighted by molar-refractivity contribution is 0.0980. The molecule has 0 saturated carbocycles. The van der Waals surface area contributed by atoms with E-state index < -0.39 is 10.8 Å². The van der Waals surface area contributed by atoms with Crippen molar-refractivity contribution in [2.45, 2.75) is 25.0 Å². The second-order valence-corrected chi connectivity index (χ2v) is 6.29. The van der Waals surface area contributed by atoms with E-state index in [4.69, 9.17) is 4.74 Å².